The summed E-state index contributed by atoms with van der Waals surface area (Å²) in [4.78, 5) is 25.0. The molecule has 2 heterocycles. The van der Waals surface area contributed by atoms with E-state index in [0.717, 1.165) is 48.9 Å². The van der Waals surface area contributed by atoms with Crippen LogP contribution in [0.5, 0.6) is 5.75 Å². The smallest absolute Gasteiger partial charge is 0.291 e. The second kappa shape index (κ2) is 8.56. The summed E-state index contributed by atoms with van der Waals surface area (Å²) in [5, 5.41) is 3.62. The van der Waals surface area contributed by atoms with Gasteiger partial charge in [0.2, 0.25) is 5.82 Å². The van der Waals surface area contributed by atoms with E-state index in [0.29, 0.717) is 6.04 Å². The third kappa shape index (κ3) is 4.42. The summed E-state index contributed by atoms with van der Waals surface area (Å²) in [6.07, 6.45) is 1.03. The van der Waals surface area contributed by atoms with E-state index in [4.69, 9.17) is 4.74 Å². The summed E-state index contributed by atoms with van der Waals surface area (Å²) < 4.78 is 5.29. The number of methoxy groups -OCH3 is 1. The van der Waals surface area contributed by atoms with Crippen LogP contribution < -0.4 is 15.0 Å². The van der Waals surface area contributed by atoms with E-state index in [1.165, 1.54) is 10.5 Å². The summed E-state index contributed by atoms with van der Waals surface area (Å²) in [6.45, 7) is 6.51. The number of carbonyl (C=O) groups excluding carboxylic acids is 1. The van der Waals surface area contributed by atoms with Crippen molar-refractivity contribution in [1.82, 2.24) is 20.2 Å². The van der Waals surface area contributed by atoms with Crippen molar-refractivity contribution in [3.8, 4) is 5.75 Å². The molecule has 0 spiro atoms. The molecule has 1 N–H and O–H groups in total. The second-order valence-electron chi connectivity index (χ2n) is 7.44. The molecule has 0 unspecified atom stereocenters. The molecule has 0 aliphatic carbocycles. The predicted octanol–water partition coefficient (Wildman–Crippen LogP) is 2.17. The molecule has 150 valence electrons. The van der Waals surface area contributed by atoms with Gasteiger partial charge in [-0.1, -0.05) is 12.1 Å². The number of nitrogens with one attached hydrogen (secondary N) is 1. The van der Waals surface area contributed by atoms with E-state index >= 15 is 0 Å². The van der Waals surface area contributed by atoms with Gasteiger partial charge in [-0.3, -0.25) is 4.79 Å². The number of hydrogen-bond donors (Lipinski definition) is 1. The highest BCUT2D eigenvalue weighted by Gasteiger charge is 2.26. The van der Waals surface area contributed by atoms with Crippen LogP contribution in [0.3, 0.4) is 0 Å². The molecule has 0 saturated carbocycles. The van der Waals surface area contributed by atoms with Crippen molar-refractivity contribution < 1.29 is 9.53 Å². The largest absolute Gasteiger partial charge is 0.497 e. The molecule has 1 atom stereocenters. The Balaban J connectivity index is 1.68. The molecule has 7 heteroatoms. The molecular weight excluding hydrogens is 354 g/mol. The molecule has 28 heavy (non-hydrogen) atoms. The summed E-state index contributed by atoms with van der Waals surface area (Å²) >= 11 is 0. The fourth-order valence-electron chi connectivity index (χ4n) is 3.38. The standard InChI is InChI=1S/C21H29N5O2/c1-14-15(2)23-19(21(27)25(3)4)24-20(14)26-10-9-17(13-26)22-12-16-7-6-8-18(11-16)28-5/h6-8,11,17,22H,9-10,12-13H2,1-5H3/t17-/m1/s1. The average Bonchev–Trinajstić information content (AvgIpc) is 3.16. The first kappa shape index (κ1) is 20.1. The minimum Gasteiger partial charge on any atom is -0.497 e. The SMILES string of the molecule is COc1cccc(CN[C@@H]2CCN(c3nc(C(=O)N(C)C)nc(C)c3C)C2)c1. The van der Waals surface area contributed by atoms with Crippen LogP contribution in [0.2, 0.25) is 0 Å². The lowest BCUT2D eigenvalue weighted by molar-refractivity contribution is 0.0815. The van der Waals surface area contributed by atoms with Crippen LogP contribution in [0.1, 0.15) is 33.9 Å². The van der Waals surface area contributed by atoms with Gasteiger partial charge >= 0.3 is 0 Å². The minimum atomic E-state index is -0.170. The first-order valence-electron chi connectivity index (χ1n) is 9.57. The van der Waals surface area contributed by atoms with Crippen molar-refractivity contribution in [2.75, 3.05) is 39.2 Å². The van der Waals surface area contributed by atoms with Crippen LogP contribution in [-0.2, 0) is 6.54 Å². The monoisotopic (exact) mass is 383 g/mol. The molecule has 2 aromatic rings. The Morgan fingerprint density at radius 2 is 2.11 bits per heavy atom. The van der Waals surface area contributed by atoms with Gasteiger partial charge in [0.25, 0.3) is 5.91 Å². The lowest BCUT2D eigenvalue weighted by Crippen LogP contribution is -2.33. The van der Waals surface area contributed by atoms with E-state index in [1.54, 1.807) is 21.2 Å². The lowest BCUT2D eigenvalue weighted by Gasteiger charge is -2.22. The summed E-state index contributed by atoms with van der Waals surface area (Å²) in [7, 11) is 5.12. The summed E-state index contributed by atoms with van der Waals surface area (Å²) in [5.74, 6) is 1.83. The Bertz CT molecular complexity index is 853. The first-order chi connectivity index (χ1) is 13.4. The number of benzene rings is 1. The Labute approximate surface area is 166 Å². The predicted molar refractivity (Wildman–Crippen MR) is 110 cm³/mol. The van der Waals surface area contributed by atoms with Gasteiger partial charge in [0.15, 0.2) is 0 Å². The normalized spacial score (nSPS) is 16.3. The fraction of sp³-hybridized carbons (Fsp3) is 0.476. The number of aromatic nitrogens is 2. The fourth-order valence-corrected chi connectivity index (χ4v) is 3.38. The van der Waals surface area contributed by atoms with Crippen molar-refractivity contribution in [2.24, 2.45) is 0 Å². The molecule has 1 amide bonds. The number of nitrogens with zero attached hydrogens (tertiary/aromatic N) is 4. The topological polar surface area (TPSA) is 70.6 Å². The van der Waals surface area contributed by atoms with Gasteiger partial charge in [-0.15, -0.1) is 0 Å². The van der Waals surface area contributed by atoms with Gasteiger partial charge in [0.1, 0.15) is 11.6 Å². The van der Waals surface area contributed by atoms with Crippen LogP contribution in [0.4, 0.5) is 5.82 Å². The average molecular weight is 383 g/mol. The van der Waals surface area contributed by atoms with Crippen LogP contribution in [-0.4, -0.2) is 61.1 Å². The Kier molecular flexibility index (Phi) is 6.14. The van der Waals surface area contributed by atoms with E-state index < -0.39 is 0 Å². The zero-order valence-electron chi connectivity index (χ0n) is 17.3. The summed E-state index contributed by atoms with van der Waals surface area (Å²) in [5.41, 5.74) is 3.08. The molecule has 3 rings (SSSR count). The Morgan fingerprint density at radius 3 is 2.82 bits per heavy atom. The molecule has 1 fully saturated rings. The highest BCUT2D eigenvalue weighted by atomic mass is 16.5. The lowest BCUT2D eigenvalue weighted by atomic mass is 10.2. The van der Waals surface area contributed by atoms with Crippen LogP contribution in [0, 0.1) is 13.8 Å². The molecule has 1 aliphatic rings. The molecule has 1 aliphatic heterocycles. The zero-order valence-corrected chi connectivity index (χ0v) is 17.3. The van der Waals surface area contributed by atoms with Crippen molar-refractivity contribution in [3.05, 3.63) is 46.9 Å². The number of ether oxygens (including phenoxy) is 1. The Morgan fingerprint density at radius 1 is 1.32 bits per heavy atom. The van der Waals surface area contributed by atoms with Gasteiger partial charge < -0.3 is 19.9 Å². The maximum absolute atomic E-state index is 12.3. The van der Waals surface area contributed by atoms with E-state index in [-0.39, 0.29) is 11.7 Å². The van der Waals surface area contributed by atoms with Crippen molar-refractivity contribution >= 4 is 11.7 Å². The third-order valence-corrected chi connectivity index (χ3v) is 5.18. The molecular formula is C21H29N5O2. The molecule has 1 aromatic carbocycles. The molecule has 1 saturated heterocycles. The highest BCUT2D eigenvalue weighted by molar-refractivity contribution is 5.90. The van der Waals surface area contributed by atoms with Crippen LogP contribution in [0.25, 0.3) is 0 Å². The minimum absolute atomic E-state index is 0.170. The highest BCUT2D eigenvalue weighted by Crippen LogP contribution is 2.24. The Hall–Kier alpha value is -2.67. The maximum atomic E-state index is 12.3. The van der Waals surface area contributed by atoms with Gasteiger partial charge in [-0.25, -0.2) is 9.97 Å². The number of rotatable bonds is 6. The molecule has 1 aromatic heterocycles. The van der Waals surface area contributed by atoms with Crippen molar-refractivity contribution in [3.63, 3.8) is 0 Å². The summed E-state index contributed by atoms with van der Waals surface area (Å²) in [6, 6.07) is 8.48. The molecule has 0 bridgehead atoms. The van der Waals surface area contributed by atoms with Crippen molar-refractivity contribution in [2.45, 2.75) is 32.9 Å². The number of aryl methyl sites for hydroxylation is 1. The number of anilines is 1. The van der Waals surface area contributed by atoms with Crippen LogP contribution in [0.15, 0.2) is 24.3 Å². The number of hydrogen-bond acceptors (Lipinski definition) is 6. The first-order valence-corrected chi connectivity index (χ1v) is 9.57. The van der Waals surface area contributed by atoms with E-state index in [2.05, 4.69) is 32.3 Å². The third-order valence-electron chi connectivity index (χ3n) is 5.18. The van der Waals surface area contributed by atoms with E-state index in [9.17, 15) is 4.79 Å². The maximum Gasteiger partial charge on any atom is 0.291 e. The molecule has 7 nitrogen and oxygen atoms in total. The van der Waals surface area contributed by atoms with Crippen LogP contribution >= 0.6 is 0 Å². The van der Waals surface area contributed by atoms with Gasteiger partial charge in [0, 0.05) is 51.0 Å². The zero-order chi connectivity index (χ0) is 20.3. The quantitative estimate of drug-likeness (QED) is 0.824. The van der Waals surface area contributed by atoms with Crippen molar-refractivity contribution in [1.29, 1.82) is 0 Å². The second-order valence-corrected chi connectivity index (χ2v) is 7.44. The number of amides is 1. The molecule has 0 radical (unpaired) electrons. The van der Waals surface area contributed by atoms with Gasteiger partial charge in [0.05, 0.1) is 7.11 Å². The van der Waals surface area contributed by atoms with Gasteiger partial charge in [-0.05, 0) is 38.0 Å². The van der Waals surface area contributed by atoms with Gasteiger partial charge in [-0.2, -0.15) is 0 Å². The number of carbonyl (C=O) groups is 1. The van der Waals surface area contributed by atoms with E-state index in [1.807, 2.05) is 26.0 Å².